The van der Waals surface area contributed by atoms with E-state index in [-0.39, 0.29) is 23.3 Å². The van der Waals surface area contributed by atoms with Gasteiger partial charge in [-0.2, -0.15) is 13.2 Å². The molecular weight excluding hydrogens is 373 g/mol. The molecule has 0 aromatic heterocycles. The molecule has 2 aromatic carbocycles. The summed E-state index contributed by atoms with van der Waals surface area (Å²) in [5.74, 6) is -0.370. The van der Waals surface area contributed by atoms with Gasteiger partial charge in [-0.3, -0.25) is 4.79 Å². The lowest BCUT2D eigenvalue weighted by Crippen LogP contribution is -2.21. The number of amides is 2. The molecule has 1 atom stereocenters. The number of nitrogens with one attached hydrogen (secondary N) is 2. The second kappa shape index (κ2) is 7.53. The second-order valence-electron chi connectivity index (χ2n) is 6.69. The maximum atomic E-state index is 13.0. The number of aryl methyl sites for hydroxylation is 1. The maximum absolute atomic E-state index is 13.0. The number of urea groups is 1. The number of ether oxygens (including phenoxy) is 1. The quantitative estimate of drug-likeness (QED) is 0.745. The van der Waals surface area contributed by atoms with Crippen molar-refractivity contribution in [2.45, 2.75) is 39.0 Å². The van der Waals surface area contributed by atoms with Crippen molar-refractivity contribution in [2.75, 3.05) is 10.6 Å². The van der Waals surface area contributed by atoms with Crippen LogP contribution in [0.4, 0.5) is 29.3 Å². The fourth-order valence-corrected chi connectivity index (χ4v) is 3.34. The molecule has 1 aliphatic rings. The van der Waals surface area contributed by atoms with Gasteiger partial charge < -0.3 is 15.4 Å². The number of anilines is 2. The molecule has 0 saturated carbocycles. The molecule has 5 nitrogen and oxygen atoms in total. The highest BCUT2D eigenvalue weighted by Gasteiger charge is 2.32. The first-order chi connectivity index (χ1) is 13.1. The van der Waals surface area contributed by atoms with Crippen molar-refractivity contribution >= 4 is 23.4 Å². The van der Waals surface area contributed by atoms with Crippen molar-refractivity contribution in [3.63, 3.8) is 0 Å². The molecule has 2 aromatic rings. The third-order valence-electron chi connectivity index (χ3n) is 4.53. The van der Waals surface area contributed by atoms with Crippen LogP contribution in [0.25, 0.3) is 0 Å². The lowest BCUT2D eigenvalue weighted by atomic mass is 10.1. The summed E-state index contributed by atoms with van der Waals surface area (Å²) >= 11 is 0. The fraction of sp³-hybridized carbons (Fsp3) is 0.300. The summed E-state index contributed by atoms with van der Waals surface area (Å²) in [7, 11) is 0. The molecule has 1 unspecified atom stereocenters. The Bertz CT molecular complexity index is 925. The second-order valence-corrected chi connectivity index (χ2v) is 6.69. The summed E-state index contributed by atoms with van der Waals surface area (Å²) in [6.45, 7) is 2.70. The summed E-state index contributed by atoms with van der Waals surface area (Å²) in [6.07, 6.45) is -3.76. The van der Waals surface area contributed by atoms with E-state index in [4.69, 9.17) is 4.74 Å². The number of alkyl halides is 3. The van der Waals surface area contributed by atoms with E-state index in [1.165, 1.54) is 26.0 Å². The van der Waals surface area contributed by atoms with E-state index in [2.05, 4.69) is 10.6 Å². The Balaban J connectivity index is 1.72. The van der Waals surface area contributed by atoms with E-state index >= 15 is 0 Å². The van der Waals surface area contributed by atoms with E-state index < -0.39 is 17.8 Å². The van der Waals surface area contributed by atoms with Crippen LogP contribution < -0.4 is 10.6 Å². The van der Waals surface area contributed by atoms with Gasteiger partial charge in [0.15, 0.2) is 0 Å². The molecule has 2 amide bonds. The first-order valence-corrected chi connectivity index (χ1v) is 8.67. The van der Waals surface area contributed by atoms with Gasteiger partial charge in [-0.1, -0.05) is 18.2 Å². The Kier molecular flexibility index (Phi) is 5.31. The number of benzene rings is 2. The Morgan fingerprint density at radius 3 is 2.54 bits per heavy atom. The van der Waals surface area contributed by atoms with Gasteiger partial charge in [-0.15, -0.1) is 0 Å². The van der Waals surface area contributed by atoms with Crippen molar-refractivity contribution in [3.05, 3.63) is 58.7 Å². The van der Waals surface area contributed by atoms with Crippen LogP contribution in [-0.4, -0.2) is 18.1 Å². The molecule has 148 valence electrons. The summed E-state index contributed by atoms with van der Waals surface area (Å²) in [5, 5.41) is 5.09. The summed E-state index contributed by atoms with van der Waals surface area (Å²) in [5.41, 5.74) is 1.67. The zero-order chi connectivity index (χ0) is 20.5. The molecule has 3 rings (SSSR count). The average molecular weight is 392 g/mol. The van der Waals surface area contributed by atoms with Gasteiger partial charge in [-0.05, 0) is 41.8 Å². The van der Waals surface area contributed by atoms with E-state index in [9.17, 15) is 22.8 Å². The zero-order valence-electron chi connectivity index (χ0n) is 15.3. The van der Waals surface area contributed by atoms with Crippen LogP contribution in [0, 0.1) is 6.92 Å². The van der Waals surface area contributed by atoms with E-state index in [0.717, 1.165) is 17.2 Å². The number of hydrogen-bond donors (Lipinski definition) is 2. The first-order valence-electron chi connectivity index (χ1n) is 8.67. The highest BCUT2D eigenvalue weighted by molar-refractivity contribution is 6.00. The molecule has 1 aliphatic carbocycles. The minimum absolute atomic E-state index is 0.0424. The van der Waals surface area contributed by atoms with Crippen molar-refractivity contribution < 1.29 is 27.5 Å². The van der Waals surface area contributed by atoms with Gasteiger partial charge in [0.05, 0.1) is 5.56 Å². The van der Waals surface area contributed by atoms with Crippen LogP contribution >= 0.6 is 0 Å². The topological polar surface area (TPSA) is 67.4 Å². The number of carbonyl (C=O) groups is 2. The summed E-state index contributed by atoms with van der Waals surface area (Å²) in [4.78, 5) is 23.5. The van der Waals surface area contributed by atoms with Crippen LogP contribution in [0.2, 0.25) is 0 Å². The van der Waals surface area contributed by atoms with Gasteiger partial charge in [0.1, 0.15) is 6.10 Å². The predicted octanol–water partition coefficient (Wildman–Crippen LogP) is 4.69. The standard InChI is InChI=1S/C20H19F3N2O3/c1-11-6-7-14(9-17(11)20(21,22)23)24-19(27)25-18-5-3-4-13-8-15(10-16(13)18)28-12(2)26/h3-7,9,15H,8,10H2,1-2H3,(H2,24,25,27). The lowest BCUT2D eigenvalue weighted by Gasteiger charge is -2.14. The molecule has 0 saturated heterocycles. The molecule has 0 bridgehead atoms. The number of esters is 1. The molecule has 0 heterocycles. The predicted molar refractivity (Wildman–Crippen MR) is 98.2 cm³/mol. The monoisotopic (exact) mass is 392 g/mol. The van der Waals surface area contributed by atoms with Crippen molar-refractivity contribution in [1.29, 1.82) is 0 Å². The Labute approximate surface area is 159 Å². The molecule has 28 heavy (non-hydrogen) atoms. The lowest BCUT2D eigenvalue weighted by molar-refractivity contribution is -0.145. The van der Waals surface area contributed by atoms with Crippen LogP contribution in [-0.2, 0) is 28.5 Å². The highest BCUT2D eigenvalue weighted by atomic mass is 19.4. The largest absolute Gasteiger partial charge is 0.462 e. The van der Waals surface area contributed by atoms with Crippen LogP contribution in [0.15, 0.2) is 36.4 Å². The van der Waals surface area contributed by atoms with Gasteiger partial charge in [0.25, 0.3) is 0 Å². The molecular formula is C20H19F3N2O3. The fourth-order valence-electron chi connectivity index (χ4n) is 3.34. The third kappa shape index (κ3) is 4.44. The van der Waals surface area contributed by atoms with E-state index in [0.29, 0.717) is 18.5 Å². The van der Waals surface area contributed by atoms with Crippen molar-refractivity contribution in [1.82, 2.24) is 0 Å². The number of fused-ring (bicyclic) bond motifs is 1. The molecule has 0 radical (unpaired) electrons. The molecule has 0 spiro atoms. The van der Waals surface area contributed by atoms with Gasteiger partial charge >= 0.3 is 18.2 Å². The summed E-state index contributed by atoms with van der Waals surface area (Å²) in [6, 6.07) is 8.32. The first kappa shape index (κ1) is 19.7. The Hall–Kier alpha value is -3.03. The minimum atomic E-state index is -4.50. The van der Waals surface area contributed by atoms with Gasteiger partial charge in [0, 0.05) is 31.1 Å². The van der Waals surface area contributed by atoms with E-state index in [1.54, 1.807) is 12.1 Å². The van der Waals surface area contributed by atoms with Crippen molar-refractivity contribution in [3.8, 4) is 0 Å². The van der Waals surface area contributed by atoms with Crippen LogP contribution in [0.5, 0.6) is 0 Å². The number of hydrogen-bond acceptors (Lipinski definition) is 3. The minimum Gasteiger partial charge on any atom is -0.462 e. The number of halogens is 3. The number of rotatable bonds is 3. The Morgan fingerprint density at radius 1 is 1.11 bits per heavy atom. The highest BCUT2D eigenvalue weighted by Crippen LogP contribution is 2.34. The molecule has 2 N–H and O–H groups in total. The molecule has 0 aliphatic heterocycles. The number of carbonyl (C=O) groups excluding carboxylic acids is 2. The van der Waals surface area contributed by atoms with Crippen LogP contribution in [0.1, 0.15) is 29.2 Å². The normalized spacial score (nSPS) is 15.7. The SMILES string of the molecule is CC(=O)OC1Cc2cccc(NC(=O)Nc3ccc(C)c(C(F)(F)F)c3)c2C1. The summed E-state index contributed by atoms with van der Waals surface area (Å²) < 4.78 is 44.3. The van der Waals surface area contributed by atoms with Gasteiger partial charge in [0.2, 0.25) is 0 Å². The van der Waals surface area contributed by atoms with Crippen molar-refractivity contribution in [2.24, 2.45) is 0 Å². The zero-order valence-corrected chi connectivity index (χ0v) is 15.3. The third-order valence-corrected chi connectivity index (χ3v) is 4.53. The average Bonchev–Trinajstić information content (AvgIpc) is 2.98. The molecule has 0 fully saturated rings. The van der Waals surface area contributed by atoms with Gasteiger partial charge in [-0.25, -0.2) is 4.79 Å². The molecule has 8 heteroatoms. The maximum Gasteiger partial charge on any atom is 0.416 e. The Morgan fingerprint density at radius 2 is 1.86 bits per heavy atom. The van der Waals surface area contributed by atoms with Crippen LogP contribution in [0.3, 0.4) is 0 Å². The van der Waals surface area contributed by atoms with E-state index in [1.807, 2.05) is 6.07 Å². The smallest absolute Gasteiger partial charge is 0.416 e.